The number of aromatic nitrogens is 2. The molecule has 2 atom stereocenters. The Morgan fingerprint density at radius 2 is 2.20 bits per heavy atom. The molecule has 20 heavy (non-hydrogen) atoms. The summed E-state index contributed by atoms with van der Waals surface area (Å²) in [6.07, 6.45) is 3.96. The lowest BCUT2D eigenvalue weighted by atomic mass is 9.78. The Bertz CT molecular complexity index is 565. The van der Waals surface area contributed by atoms with Gasteiger partial charge in [-0.2, -0.15) is 5.10 Å². The maximum absolute atomic E-state index is 12.7. The van der Waals surface area contributed by atoms with Gasteiger partial charge in [-0.1, -0.05) is 35.7 Å². The topological polar surface area (TPSA) is 74.8 Å². The van der Waals surface area contributed by atoms with E-state index in [-0.39, 0.29) is 10.4 Å². The van der Waals surface area contributed by atoms with Crippen LogP contribution in [0.2, 0.25) is 0 Å². The number of rotatable bonds is 4. The fourth-order valence-corrected chi connectivity index (χ4v) is 5.82. The minimum atomic E-state index is -3.55. The van der Waals surface area contributed by atoms with Crippen molar-refractivity contribution in [3.8, 4) is 0 Å². The molecule has 0 amide bonds. The number of alkyl halides is 1. The van der Waals surface area contributed by atoms with E-state index in [1.165, 1.54) is 6.42 Å². The molecule has 0 bridgehead atoms. The molecule has 0 radical (unpaired) electrons. The summed E-state index contributed by atoms with van der Waals surface area (Å²) in [5, 5.41) is 7.36. The molecule has 2 rings (SSSR count). The highest BCUT2D eigenvalue weighted by Crippen LogP contribution is 2.35. The van der Waals surface area contributed by atoms with Gasteiger partial charge in [-0.3, -0.25) is 5.10 Å². The number of sulfonamides is 1. The van der Waals surface area contributed by atoms with Gasteiger partial charge in [0, 0.05) is 10.9 Å². The highest BCUT2D eigenvalue weighted by Gasteiger charge is 2.39. The smallest absolute Gasteiger partial charge is 0.244 e. The molecular weight excluding hydrogens is 342 g/mol. The quantitative estimate of drug-likeness (QED) is 0.807. The van der Waals surface area contributed by atoms with Crippen molar-refractivity contribution in [2.24, 2.45) is 5.92 Å². The lowest BCUT2D eigenvalue weighted by molar-refractivity contribution is 0.241. The van der Waals surface area contributed by atoms with Crippen molar-refractivity contribution in [2.45, 2.75) is 56.9 Å². The molecule has 2 unspecified atom stereocenters. The molecule has 2 N–H and O–H groups in total. The molecule has 114 valence electrons. The third-order valence-electron chi connectivity index (χ3n) is 4.03. The van der Waals surface area contributed by atoms with Gasteiger partial charge in [-0.05, 0) is 32.6 Å². The third-order valence-corrected chi connectivity index (χ3v) is 6.94. The summed E-state index contributed by atoms with van der Waals surface area (Å²) < 4.78 is 28.3. The summed E-state index contributed by atoms with van der Waals surface area (Å²) in [6, 6.07) is 0. The number of halogens is 1. The van der Waals surface area contributed by atoms with Crippen LogP contribution in [0.15, 0.2) is 4.90 Å². The second kappa shape index (κ2) is 5.77. The van der Waals surface area contributed by atoms with Gasteiger partial charge in [0.2, 0.25) is 10.0 Å². The molecule has 7 heteroatoms. The van der Waals surface area contributed by atoms with Gasteiger partial charge in [0.05, 0.1) is 11.4 Å². The fourth-order valence-electron chi connectivity index (χ4n) is 3.17. The number of aryl methyl sites for hydroxylation is 2. The van der Waals surface area contributed by atoms with Crippen molar-refractivity contribution >= 4 is 26.0 Å². The highest BCUT2D eigenvalue weighted by molar-refractivity contribution is 9.09. The van der Waals surface area contributed by atoms with Gasteiger partial charge in [-0.15, -0.1) is 0 Å². The minimum Gasteiger partial charge on any atom is -0.281 e. The molecule has 1 heterocycles. The normalized spacial score (nSPS) is 27.7. The van der Waals surface area contributed by atoms with E-state index in [0.717, 1.165) is 19.3 Å². The zero-order valence-corrected chi connectivity index (χ0v) is 14.6. The van der Waals surface area contributed by atoms with Gasteiger partial charge in [0.1, 0.15) is 4.90 Å². The summed E-state index contributed by atoms with van der Waals surface area (Å²) in [6.45, 7) is 5.63. The van der Waals surface area contributed by atoms with E-state index < -0.39 is 10.0 Å². The Balaban J connectivity index is 2.31. The van der Waals surface area contributed by atoms with Gasteiger partial charge in [-0.25, -0.2) is 13.1 Å². The largest absolute Gasteiger partial charge is 0.281 e. The zero-order chi connectivity index (χ0) is 15.0. The lowest BCUT2D eigenvalue weighted by Crippen LogP contribution is -2.52. The molecule has 1 aliphatic rings. The maximum Gasteiger partial charge on any atom is 0.244 e. The molecule has 0 saturated heterocycles. The highest BCUT2D eigenvalue weighted by atomic mass is 79.9. The van der Waals surface area contributed by atoms with Crippen LogP contribution in [0.1, 0.15) is 44.0 Å². The predicted octanol–water partition coefficient (Wildman–Crippen LogP) is 2.65. The Labute approximate surface area is 129 Å². The van der Waals surface area contributed by atoms with Crippen LogP contribution in [-0.4, -0.2) is 29.5 Å². The van der Waals surface area contributed by atoms with E-state index in [1.54, 1.807) is 13.8 Å². The van der Waals surface area contributed by atoms with Crippen LogP contribution in [0.4, 0.5) is 0 Å². The average molecular weight is 364 g/mol. The first-order valence-corrected chi connectivity index (χ1v) is 9.52. The SMILES string of the molecule is Cc1n[nH]c(C)c1S(=O)(=O)NC1(CBr)CCCC(C)C1. The standard InChI is InChI=1S/C13H22BrN3O2S/c1-9-5-4-6-13(7-9,8-14)17-20(18,19)12-10(2)15-16-11(12)3/h9,17H,4-8H2,1-3H3,(H,15,16). The summed E-state index contributed by atoms with van der Waals surface area (Å²) in [4.78, 5) is 0.288. The molecular formula is C13H22BrN3O2S. The van der Waals surface area contributed by atoms with E-state index in [4.69, 9.17) is 0 Å². The van der Waals surface area contributed by atoms with Crippen LogP contribution in [-0.2, 0) is 10.0 Å². The number of nitrogens with one attached hydrogen (secondary N) is 2. The Morgan fingerprint density at radius 3 is 2.70 bits per heavy atom. The van der Waals surface area contributed by atoms with E-state index in [2.05, 4.69) is 37.8 Å². The first kappa shape index (κ1) is 16.0. The second-order valence-electron chi connectivity index (χ2n) is 5.98. The molecule has 0 spiro atoms. The maximum atomic E-state index is 12.7. The first-order chi connectivity index (χ1) is 9.30. The molecule has 1 saturated carbocycles. The van der Waals surface area contributed by atoms with Gasteiger partial charge >= 0.3 is 0 Å². The van der Waals surface area contributed by atoms with E-state index in [9.17, 15) is 8.42 Å². The first-order valence-electron chi connectivity index (χ1n) is 6.91. The van der Waals surface area contributed by atoms with Crippen LogP contribution in [0.5, 0.6) is 0 Å². The van der Waals surface area contributed by atoms with Crippen molar-refractivity contribution < 1.29 is 8.42 Å². The van der Waals surface area contributed by atoms with Crippen LogP contribution in [0.3, 0.4) is 0 Å². The average Bonchev–Trinajstić information content (AvgIpc) is 2.69. The minimum absolute atomic E-state index is 0.288. The van der Waals surface area contributed by atoms with E-state index >= 15 is 0 Å². The summed E-state index contributed by atoms with van der Waals surface area (Å²) in [7, 11) is -3.55. The van der Waals surface area contributed by atoms with Gasteiger partial charge in [0.15, 0.2) is 0 Å². The summed E-state index contributed by atoms with van der Waals surface area (Å²) in [5.41, 5.74) is 0.722. The molecule has 0 aromatic carbocycles. The van der Waals surface area contributed by atoms with Crippen molar-refractivity contribution in [3.63, 3.8) is 0 Å². The Hall–Kier alpha value is -0.400. The van der Waals surface area contributed by atoms with Gasteiger partial charge in [0.25, 0.3) is 0 Å². The van der Waals surface area contributed by atoms with Crippen molar-refractivity contribution in [3.05, 3.63) is 11.4 Å². The number of H-pyrrole nitrogens is 1. The molecule has 1 fully saturated rings. The monoisotopic (exact) mass is 363 g/mol. The molecule has 5 nitrogen and oxygen atoms in total. The van der Waals surface area contributed by atoms with Crippen molar-refractivity contribution in [2.75, 3.05) is 5.33 Å². The summed E-state index contributed by atoms with van der Waals surface area (Å²) >= 11 is 3.50. The van der Waals surface area contributed by atoms with Crippen LogP contribution in [0.25, 0.3) is 0 Å². The lowest BCUT2D eigenvalue weighted by Gasteiger charge is -2.39. The third kappa shape index (κ3) is 3.09. The van der Waals surface area contributed by atoms with Crippen molar-refractivity contribution in [1.29, 1.82) is 0 Å². The van der Waals surface area contributed by atoms with Gasteiger partial charge < -0.3 is 0 Å². The van der Waals surface area contributed by atoms with Crippen LogP contribution < -0.4 is 4.72 Å². The number of hydrogen-bond acceptors (Lipinski definition) is 3. The number of hydrogen-bond donors (Lipinski definition) is 2. The second-order valence-corrected chi connectivity index (χ2v) is 8.16. The zero-order valence-electron chi connectivity index (χ0n) is 12.2. The number of nitrogens with zero attached hydrogens (tertiary/aromatic N) is 1. The molecule has 1 aromatic heterocycles. The molecule has 0 aliphatic heterocycles. The summed E-state index contributed by atoms with van der Waals surface area (Å²) in [5.74, 6) is 0.538. The predicted molar refractivity (Wildman–Crippen MR) is 82.5 cm³/mol. The molecule has 1 aliphatic carbocycles. The van der Waals surface area contributed by atoms with E-state index in [0.29, 0.717) is 22.6 Å². The van der Waals surface area contributed by atoms with Crippen molar-refractivity contribution in [1.82, 2.24) is 14.9 Å². The van der Waals surface area contributed by atoms with Crippen LogP contribution >= 0.6 is 15.9 Å². The Kier molecular flexibility index (Phi) is 4.61. The van der Waals surface area contributed by atoms with E-state index in [1.807, 2.05) is 0 Å². The molecule has 1 aromatic rings. The van der Waals surface area contributed by atoms with Crippen LogP contribution in [0, 0.1) is 19.8 Å². The fraction of sp³-hybridized carbons (Fsp3) is 0.769. The number of aromatic amines is 1. The Morgan fingerprint density at radius 1 is 1.50 bits per heavy atom.